The molecule has 0 aliphatic carbocycles. The molecule has 4 rings (SSSR count). The molecule has 2 aromatic rings. The molecule has 2 aliphatic rings. The summed E-state index contributed by atoms with van der Waals surface area (Å²) in [5, 5.41) is 0. The number of benzene rings is 1. The van der Waals surface area contributed by atoms with Crippen molar-refractivity contribution in [2.24, 2.45) is 0 Å². The molecule has 7 nitrogen and oxygen atoms in total. The Bertz CT molecular complexity index is 1130. The molecule has 1 aromatic heterocycles. The van der Waals surface area contributed by atoms with E-state index in [1.165, 1.54) is 22.9 Å². The number of anilines is 1. The molecule has 2 amide bonds. The zero-order valence-electron chi connectivity index (χ0n) is 20.3. The highest BCUT2D eigenvalue weighted by molar-refractivity contribution is 7.15. The Hall–Kier alpha value is -3.18. The van der Waals surface area contributed by atoms with Gasteiger partial charge in [-0.1, -0.05) is 36.9 Å². The lowest BCUT2D eigenvalue weighted by Gasteiger charge is -2.42. The van der Waals surface area contributed by atoms with Crippen molar-refractivity contribution >= 4 is 26.7 Å². The minimum atomic E-state index is -0.211. The van der Waals surface area contributed by atoms with Gasteiger partial charge in [0.1, 0.15) is 0 Å². The summed E-state index contributed by atoms with van der Waals surface area (Å²) in [4.78, 5) is 36.7. The van der Waals surface area contributed by atoms with Gasteiger partial charge in [0.2, 0.25) is 5.91 Å². The van der Waals surface area contributed by atoms with Crippen molar-refractivity contribution in [3.05, 3.63) is 83.3 Å². The molecule has 0 bridgehead atoms. The summed E-state index contributed by atoms with van der Waals surface area (Å²) < 4.78 is 0. The van der Waals surface area contributed by atoms with Crippen LogP contribution in [0.2, 0.25) is 0 Å². The molecule has 8 heteroatoms. The summed E-state index contributed by atoms with van der Waals surface area (Å²) in [5.41, 5.74) is 11.7. The maximum Gasteiger partial charge on any atom is 0.258 e. The summed E-state index contributed by atoms with van der Waals surface area (Å²) in [7, 11) is 4.74. The van der Waals surface area contributed by atoms with Crippen molar-refractivity contribution in [3.63, 3.8) is 0 Å². The predicted molar refractivity (Wildman–Crippen MR) is 142 cm³/mol. The van der Waals surface area contributed by atoms with Gasteiger partial charge in [-0.3, -0.25) is 14.6 Å². The van der Waals surface area contributed by atoms with Gasteiger partial charge in [-0.25, -0.2) is 0 Å². The average Bonchev–Trinajstić information content (AvgIpc) is 3.11. The third kappa shape index (κ3) is 5.40. The van der Waals surface area contributed by atoms with Crippen LogP contribution in [0.25, 0.3) is 0 Å². The van der Waals surface area contributed by atoms with Crippen LogP contribution in [0.1, 0.15) is 40.9 Å². The number of likely N-dealkylation sites (tertiary alicyclic amines) is 1. The fourth-order valence-corrected chi connectivity index (χ4v) is 5.35. The first-order chi connectivity index (χ1) is 16.9. The van der Waals surface area contributed by atoms with Gasteiger partial charge in [0.25, 0.3) is 5.91 Å². The maximum atomic E-state index is 13.7. The molecular formula is C27H34N5O2P. The number of amides is 2. The van der Waals surface area contributed by atoms with E-state index < -0.39 is 0 Å². The van der Waals surface area contributed by atoms with E-state index in [9.17, 15) is 9.59 Å². The Morgan fingerprint density at radius 1 is 1.26 bits per heavy atom. The van der Waals surface area contributed by atoms with Crippen molar-refractivity contribution in [2.45, 2.75) is 38.0 Å². The van der Waals surface area contributed by atoms with E-state index in [1.54, 1.807) is 12.3 Å². The summed E-state index contributed by atoms with van der Waals surface area (Å²) in [6, 6.07) is 11.9. The Kier molecular flexibility index (Phi) is 7.86. The number of nitrogens with two attached hydrogens (primary N) is 1. The summed E-state index contributed by atoms with van der Waals surface area (Å²) in [6.45, 7) is 6.12. The van der Waals surface area contributed by atoms with Crippen LogP contribution in [0.15, 0.2) is 66.5 Å². The minimum absolute atomic E-state index is 0.102. The molecule has 0 radical (unpaired) electrons. The second-order valence-electron chi connectivity index (χ2n) is 9.14. The quantitative estimate of drug-likeness (QED) is 0.495. The van der Waals surface area contributed by atoms with E-state index in [0.717, 1.165) is 31.5 Å². The molecule has 1 aromatic carbocycles. The molecule has 2 unspecified atom stereocenters. The molecular weight excluding hydrogens is 457 g/mol. The van der Waals surface area contributed by atoms with Gasteiger partial charge in [0, 0.05) is 69.1 Å². The first-order valence-corrected chi connectivity index (χ1v) is 12.9. The number of aromatic nitrogens is 1. The fraction of sp³-hybridized carbons (Fsp3) is 0.370. The van der Waals surface area contributed by atoms with Crippen molar-refractivity contribution in [1.29, 1.82) is 0 Å². The number of hydrogen-bond donors (Lipinski definition) is 1. The molecule has 1 fully saturated rings. The molecule has 0 saturated carbocycles. The number of carbonyl (C=O) groups is 2. The van der Waals surface area contributed by atoms with Crippen LogP contribution < -0.4 is 5.73 Å². The van der Waals surface area contributed by atoms with Crippen LogP contribution in [-0.2, 0) is 17.5 Å². The van der Waals surface area contributed by atoms with Crippen LogP contribution in [0, 0.1) is 0 Å². The lowest BCUT2D eigenvalue weighted by molar-refractivity contribution is -0.126. The number of nitrogen functional groups attached to an aromatic ring is 1. The van der Waals surface area contributed by atoms with Gasteiger partial charge < -0.3 is 20.4 Å². The molecule has 3 heterocycles. The lowest BCUT2D eigenvalue weighted by atomic mass is 9.92. The fourth-order valence-electron chi connectivity index (χ4n) is 5.13. The number of fused-ring (bicyclic) bond motifs is 1. The Morgan fingerprint density at radius 2 is 2.03 bits per heavy atom. The van der Waals surface area contributed by atoms with Crippen molar-refractivity contribution in [3.8, 4) is 0 Å². The highest BCUT2D eigenvalue weighted by Crippen LogP contribution is 2.34. The molecule has 35 heavy (non-hydrogen) atoms. The zero-order valence-corrected chi connectivity index (χ0v) is 21.5. The number of carbonyl (C=O) groups excluding carboxylic acids is 2. The van der Waals surface area contributed by atoms with Gasteiger partial charge in [0.15, 0.2) is 0 Å². The summed E-state index contributed by atoms with van der Waals surface area (Å²) in [6.07, 6.45) is 6.06. The van der Waals surface area contributed by atoms with Crippen LogP contribution in [-0.4, -0.2) is 64.2 Å². The average molecular weight is 492 g/mol. The van der Waals surface area contributed by atoms with E-state index in [0.29, 0.717) is 37.0 Å². The standard InChI is InChI=1S/C27H34N5O2P/c1-3-26(33)31-12-7-10-21-24(30(2)16-19-8-5-4-6-9-19)11-13-32(25(21)17-31)27(34)22-15-29-20(18-35)14-23(22)28/h3-6,8-9,14-15,25H,1,7,10-13,16-18,35H2,2H3,(H2,28,29). The first-order valence-electron chi connectivity index (χ1n) is 12.1. The third-order valence-corrected chi connectivity index (χ3v) is 7.33. The monoisotopic (exact) mass is 491 g/mol. The van der Waals surface area contributed by atoms with Crippen LogP contribution in [0.4, 0.5) is 5.69 Å². The van der Waals surface area contributed by atoms with Gasteiger partial charge in [-0.05, 0) is 36.1 Å². The molecule has 2 atom stereocenters. The second-order valence-corrected chi connectivity index (χ2v) is 9.55. The number of nitrogens with zero attached hydrogens (tertiary/aromatic N) is 4. The van der Waals surface area contributed by atoms with E-state index in [2.05, 4.69) is 57.0 Å². The van der Waals surface area contributed by atoms with E-state index in [-0.39, 0.29) is 17.9 Å². The first kappa shape index (κ1) is 24.9. The normalized spacial score (nSPS) is 18.1. The number of rotatable bonds is 6. The Balaban J connectivity index is 1.69. The minimum Gasteiger partial charge on any atom is -0.398 e. The Morgan fingerprint density at radius 3 is 2.71 bits per heavy atom. The van der Waals surface area contributed by atoms with Crippen LogP contribution >= 0.6 is 9.24 Å². The van der Waals surface area contributed by atoms with Crippen molar-refractivity contribution < 1.29 is 9.59 Å². The predicted octanol–water partition coefficient (Wildman–Crippen LogP) is 3.45. The summed E-state index contributed by atoms with van der Waals surface area (Å²) >= 11 is 0. The Labute approximate surface area is 209 Å². The van der Waals surface area contributed by atoms with Crippen LogP contribution in [0.3, 0.4) is 0 Å². The molecule has 2 N–H and O–H groups in total. The maximum absolute atomic E-state index is 13.7. The van der Waals surface area contributed by atoms with Gasteiger partial charge in [0.05, 0.1) is 11.6 Å². The van der Waals surface area contributed by atoms with Gasteiger partial charge in [-0.2, -0.15) is 0 Å². The number of pyridine rings is 1. The second kappa shape index (κ2) is 11.0. The number of hydrogen-bond acceptors (Lipinski definition) is 5. The lowest BCUT2D eigenvalue weighted by Crippen LogP contribution is -2.51. The molecule has 0 spiro atoms. The summed E-state index contributed by atoms with van der Waals surface area (Å²) in [5.74, 6) is -0.236. The van der Waals surface area contributed by atoms with Crippen molar-refractivity contribution in [1.82, 2.24) is 19.7 Å². The van der Waals surface area contributed by atoms with E-state index in [1.807, 2.05) is 15.9 Å². The topological polar surface area (TPSA) is 82.8 Å². The molecule has 2 aliphatic heterocycles. The third-order valence-electron chi connectivity index (χ3n) is 6.91. The highest BCUT2D eigenvalue weighted by Gasteiger charge is 2.38. The van der Waals surface area contributed by atoms with E-state index >= 15 is 0 Å². The van der Waals surface area contributed by atoms with Gasteiger partial charge >= 0.3 is 0 Å². The molecule has 184 valence electrons. The largest absolute Gasteiger partial charge is 0.398 e. The van der Waals surface area contributed by atoms with Crippen LogP contribution in [0.5, 0.6) is 0 Å². The SMILES string of the molecule is C=CC(=O)N1CCCC2=C(N(C)Cc3ccccc3)CCN(C(=O)c3cnc(CP)cc3N)C2C1. The van der Waals surface area contributed by atoms with E-state index in [4.69, 9.17) is 5.73 Å². The highest BCUT2D eigenvalue weighted by atomic mass is 31.0. The smallest absolute Gasteiger partial charge is 0.258 e. The van der Waals surface area contributed by atoms with Crippen molar-refractivity contribution in [2.75, 3.05) is 32.4 Å². The zero-order chi connectivity index (χ0) is 24.9. The van der Waals surface area contributed by atoms with Gasteiger partial charge in [-0.15, -0.1) is 9.24 Å². The molecule has 1 saturated heterocycles.